The molecule has 0 fully saturated rings. The lowest BCUT2D eigenvalue weighted by atomic mass is 10.3. The van der Waals surface area contributed by atoms with Crippen molar-refractivity contribution in [1.82, 2.24) is 4.57 Å². The van der Waals surface area contributed by atoms with Crippen LogP contribution in [0.4, 0.5) is 10.1 Å². The fourth-order valence-corrected chi connectivity index (χ4v) is 2.90. The maximum atomic E-state index is 13.1. The van der Waals surface area contributed by atoms with E-state index in [1.165, 1.54) is 29.5 Å². The summed E-state index contributed by atoms with van der Waals surface area (Å²) in [6.45, 7) is 0. The van der Waals surface area contributed by atoms with E-state index in [2.05, 4.69) is 5.32 Å². The van der Waals surface area contributed by atoms with Gasteiger partial charge in [0.1, 0.15) is 10.7 Å². The Morgan fingerprint density at radius 2 is 2.00 bits per heavy atom. The predicted octanol–water partition coefficient (Wildman–Crippen LogP) is 4.58. The summed E-state index contributed by atoms with van der Waals surface area (Å²) in [4.78, 5) is 12.9. The van der Waals surface area contributed by atoms with Crippen LogP contribution in [-0.4, -0.2) is 10.5 Å². The first-order chi connectivity index (χ1) is 10.1. The zero-order valence-electron chi connectivity index (χ0n) is 10.7. The molecule has 1 amide bonds. The Labute approximate surface area is 129 Å². The highest BCUT2D eigenvalue weighted by Gasteiger charge is 2.15. The lowest BCUT2D eigenvalue weighted by molar-refractivity contribution is 0.103. The molecule has 0 saturated carbocycles. The second-order valence-corrected chi connectivity index (χ2v) is 5.63. The first-order valence-electron chi connectivity index (χ1n) is 6.12. The van der Waals surface area contributed by atoms with Crippen molar-refractivity contribution in [2.45, 2.75) is 0 Å². The molecule has 3 nitrogen and oxygen atoms in total. The number of hydrogen-bond donors (Lipinski definition) is 1. The van der Waals surface area contributed by atoms with Crippen molar-refractivity contribution < 1.29 is 9.18 Å². The molecule has 6 heteroatoms. The standard InChI is InChI=1S/C15H10ClFN2OS/c16-11-9-10(3-4-12(11)17)18-15(20)14-13(5-8-21-14)19-6-1-2-7-19/h1-9H,(H,18,20). The zero-order chi connectivity index (χ0) is 14.8. The molecule has 0 radical (unpaired) electrons. The summed E-state index contributed by atoms with van der Waals surface area (Å²) in [7, 11) is 0. The minimum absolute atomic E-state index is 0.0235. The maximum absolute atomic E-state index is 13.1. The van der Waals surface area contributed by atoms with E-state index in [-0.39, 0.29) is 10.9 Å². The van der Waals surface area contributed by atoms with Gasteiger partial charge in [-0.15, -0.1) is 11.3 Å². The van der Waals surface area contributed by atoms with Gasteiger partial charge >= 0.3 is 0 Å². The molecule has 0 aliphatic rings. The molecule has 0 spiro atoms. The number of benzene rings is 1. The first-order valence-corrected chi connectivity index (χ1v) is 7.38. The number of halogens is 2. The maximum Gasteiger partial charge on any atom is 0.267 e. The van der Waals surface area contributed by atoms with E-state index < -0.39 is 5.82 Å². The Hall–Kier alpha value is -2.11. The van der Waals surface area contributed by atoms with Crippen LogP contribution in [0.5, 0.6) is 0 Å². The number of amides is 1. The molecule has 3 rings (SSSR count). The summed E-state index contributed by atoms with van der Waals surface area (Å²) in [6, 6.07) is 9.73. The highest BCUT2D eigenvalue weighted by molar-refractivity contribution is 7.12. The Bertz CT molecular complexity index is 783. The molecule has 3 aromatic rings. The van der Waals surface area contributed by atoms with E-state index >= 15 is 0 Å². The predicted molar refractivity (Wildman–Crippen MR) is 83.0 cm³/mol. The van der Waals surface area contributed by atoms with Crippen molar-refractivity contribution in [2.75, 3.05) is 5.32 Å². The molecule has 0 atom stereocenters. The zero-order valence-corrected chi connectivity index (χ0v) is 12.3. The molecule has 0 aliphatic carbocycles. The van der Waals surface area contributed by atoms with Gasteiger partial charge in [-0.05, 0) is 41.8 Å². The molecule has 0 aliphatic heterocycles. The third-order valence-electron chi connectivity index (χ3n) is 2.91. The van der Waals surface area contributed by atoms with E-state index in [1.54, 1.807) is 0 Å². The number of aromatic nitrogens is 1. The average Bonchev–Trinajstić information content (AvgIpc) is 3.12. The molecular weight excluding hydrogens is 311 g/mol. The Balaban J connectivity index is 1.86. The van der Waals surface area contributed by atoms with Gasteiger partial charge in [-0.1, -0.05) is 11.6 Å². The number of anilines is 1. The fourth-order valence-electron chi connectivity index (χ4n) is 1.93. The van der Waals surface area contributed by atoms with Gasteiger partial charge in [0.2, 0.25) is 0 Å². The number of hydrogen-bond acceptors (Lipinski definition) is 2. The summed E-state index contributed by atoms with van der Waals surface area (Å²) in [6.07, 6.45) is 3.74. The van der Waals surface area contributed by atoms with Gasteiger partial charge in [-0.3, -0.25) is 4.79 Å². The fraction of sp³-hybridized carbons (Fsp3) is 0. The van der Waals surface area contributed by atoms with Crippen molar-refractivity contribution in [1.29, 1.82) is 0 Å². The van der Waals surface area contributed by atoms with Crippen LogP contribution in [0.3, 0.4) is 0 Å². The van der Waals surface area contributed by atoms with E-state index in [0.29, 0.717) is 10.6 Å². The van der Waals surface area contributed by atoms with Crippen LogP contribution < -0.4 is 5.32 Å². The Morgan fingerprint density at radius 3 is 2.71 bits per heavy atom. The molecule has 1 aromatic carbocycles. The second kappa shape index (κ2) is 5.71. The molecular formula is C15H10ClFN2OS. The largest absolute Gasteiger partial charge is 0.322 e. The molecule has 106 valence electrons. The molecule has 0 unspecified atom stereocenters. The number of thiophene rings is 1. The van der Waals surface area contributed by atoms with Gasteiger partial charge in [-0.25, -0.2) is 4.39 Å². The third-order valence-corrected chi connectivity index (χ3v) is 4.10. The summed E-state index contributed by atoms with van der Waals surface area (Å²) >= 11 is 7.05. The molecule has 2 aromatic heterocycles. The third kappa shape index (κ3) is 2.84. The molecule has 0 saturated heterocycles. The van der Waals surface area contributed by atoms with Crippen LogP contribution in [0.2, 0.25) is 5.02 Å². The average molecular weight is 321 g/mol. The van der Waals surface area contributed by atoms with E-state index in [1.807, 2.05) is 40.5 Å². The van der Waals surface area contributed by atoms with Crippen molar-refractivity contribution in [2.24, 2.45) is 0 Å². The SMILES string of the molecule is O=C(Nc1ccc(F)c(Cl)c1)c1sccc1-n1cccc1. The van der Waals surface area contributed by atoms with Gasteiger partial charge in [0.05, 0.1) is 10.7 Å². The number of nitrogens with one attached hydrogen (secondary N) is 1. The van der Waals surface area contributed by atoms with Crippen molar-refractivity contribution in [3.63, 3.8) is 0 Å². The first kappa shape index (κ1) is 13.9. The van der Waals surface area contributed by atoms with Crippen LogP contribution in [0.25, 0.3) is 5.69 Å². The van der Waals surface area contributed by atoms with E-state index in [0.717, 1.165) is 5.69 Å². The van der Waals surface area contributed by atoms with Crippen molar-refractivity contribution in [3.8, 4) is 5.69 Å². The summed E-state index contributed by atoms with van der Waals surface area (Å²) in [5, 5.41) is 4.55. The highest BCUT2D eigenvalue weighted by atomic mass is 35.5. The molecule has 1 N–H and O–H groups in total. The van der Waals surface area contributed by atoms with Gasteiger partial charge in [0.15, 0.2) is 0 Å². The number of carbonyl (C=O) groups is 1. The normalized spacial score (nSPS) is 10.6. The number of carbonyl (C=O) groups excluding carboxylic acids is 1. The topological polar surface area (TPSA) is 34.0 Å². The van der Waals surface area contributed by atoms with Gasteiger partial charge in [0, 0.05) is 18.1 Å². The van der Waals surface area contributed by atoms with E-state index in [9.17, 15) is 9.18 Å². The van der Waals surface area contributed by atoms with Gasteiger partial charge in [0.25, 0.3) is 5.91 Å². The second-order valence-electron chi connectivity index (χ2n) is 4.31. The van der Waals surface area contributed by atoms with E-state index in [4.69, 9.17) is 11.6 Å². The highest BCUT2D eigenvalue weighted by Crippen LogP contribution is 2.24. The summed E-state index contributed by atoms with van der Waals surface area (Å²) in [5.41, 5.74) is 1.26. The number of rotatable bonds is 3. The quantitative estimate of drug-likeness (QED) is 0.752. The van der Waals surface area contributed by atoms with Gasteiger partial charge < -0.3 is 9.88 Å². The lowest BCUT2D eigenvalue weighted by Crippen LogP contribution is -2.12. The number of nitrogens with zero attached hydrogens (tertiary/aromatic N) is 1. The smallest absolute Gasteiger partial charge is 0.267 e. The van der Waals surface area contributed by atoms with Crippen LogP contribution >= 0.6 is 22.9 Å². The van der Waals surface area contributed by atoms with Crippen molar-refractivity contribution >= 4 is 34.5 Å². The molecule has 2 heterocycles. The van der Waals surface area contributed by atoms with Gasteiger partial charge in [-0.2, -0.15) is 0 Å². The van der Waals surface area contributed by atoms with Crippen LogP contribution in [-0.2, 0) is 0 Å². The van der Waals surface area contributed by atoms with Crippen LogP contribution in [0.15, 0.2) is 54.2 Å². The summed E-state index contributed by atoms with van der Waals surface area (Å²) < 4.78 is 15.0. The Morgan fingerprint density at radius 1 is 1.24 bits per heavy atom. The van der Waals surface area contributed by atoms with Crippen LogP contribution in [0, 0.1) is 5.82 Å². The lowest BCUT2D eigenvalue weighted by Gasteiger charge is -2.07. The monoisotopic (exact) mass is 320 g/mol. The minimum atomic E-state index is -0.515. The van der Waals surface area contributed by atoms with Crippen molar-refractivity contribution in [3.05, 3.63) is 69.9 Å². The molecule has 21 heavy (non-hydrogen) atoms. The Kier molecular flexibility index (Phi) is 3.77. The minimum Gasteiger partial charge on any atom is -0.322 e. The van der Waals surface area contributed by atoms with Crippen LogP contribution in [0.1, 0.15) is 9.67 Å². The summed E-state index contributed by atoms with van der Waals surface area (Å²) in [5.74, 6) is -0.768. The molecule has 0 bridgehead atoms.